The van der Waals surface area contributed by atoms with E-state index in [0.717, 1.165) is 0 Å². The zero-order valence-electron chi connectivity index (χ0n) is 14.0. The van der Waals surface area contributed by atoms with Crippen LogP contribution >= 0.6 is 0 Å². The van der Waals surface area contributed by atoms with E-state index < -0.39 is 16.4 Å². The van der Waals surface area contributed by atoms with Crippen LogP contribution in [0.4, 0.5) is 11.4 Å². The number of carbonyl (C=O) groups is 1. The summed E-state index contributed by atoms with van der Waals surface area (Å²) in [6.45, 7) is 1.71. The molecule has 0 N–H and O–H groups in total. The van der Waals surface area contributed by atoms with Crippen LogP contribution in [0.1, 0.15) is 12.5 Å². The smallest absolute Gasteiger partial charge is 0.351 e. The molecule has 0 saturated heterocycles. The molecule has 8 heteroatoms. The van der Waals surface area contributed by atoms with Crippen molar-refractivity contribution in [3.05, 3.63) is 70.3 Å². The van der Waals surface area contributed by atoms with Crippen molar-refractivity contribution < 1.29 is 14.5 Å². The lowest BCUT2D eigenvalue weighted by Crippen LogP contribution is -2.39. The monoisotopic (exact) mass is 352 g/mol. The molecule has 132 valence electrons. The molecule has 0 fully saturated rings. The fourth-order valence-electron chi connectivity index (χ4n) is 2.18. The maximum absolute atomic E-state index is 12.4. The first-order chi connectivity index (χ1) is 12.5. The summed E-state index contributed by atoms with van der Waals surface area (Å²) < 4.78 is 5.00. The van der Waals surface area contributed by atoms with Gasteiger partial charge in [-0.2, -0.15) is 15.5 Å². The van der Waals surface area contributed by atoms with E-state index in [1.54, 1.807) is 37.3 Å². The average Bonchev–Trinajstić information content (AvgIpc) is 2.66. The number of hydrogen-bond donors (Lipinski definition) is 0. The lowest BCUT2D eigenvalue weighted by atomic mass is 9.93. The van der Waals surface area contributed by atoms with Gasteiger partial charge in [0, 0.05) is 18.6 Å². The normalized spacial score (nSPS) is 12.9. The van der Waals surface area contributed by atoms with Gasteiger partial charge in [-0.15, -0.1) is 0 Å². The SMILES string of the molecule is CCOC(=O)C(C#N)(Cc1ccc([N+](=O)[O-])cc1)N=Nc1ccccc1. The first kappa shape index (κ1) is 18.7. The number of nitrogens with zero attached hydrogens (tertiary/aromatic N) is 4. The first-order valence-electron chi connectivity index (χ1n) is 7.80. The highest BCUT2D eigenvalue weighted by Gasteiger charge is 2.41. The molecule has 0 aliphatic carbocycles. The van der Waals surface area contributed by atoms with E-state index in [1.807, 2.05) is 6.07 Å². The highest BCUT2D eigenvalue weighted by atomic mass is 16.6. The molecule has 1 unspecified atom stereocenters. The van der Waals surface area contributed by atoms with Crippen LogP contribution in [0.5, 0.6) is 0 Å². The topological polar surface area (TPSA) is 118 Å². The maximum Gasteiger partial charge on any atom is 0.351 e. The molecule has 0 bridgehead atoms. The number of azo groups is 1. The molecule has 0 spiro atoms. The van der Waals surface area contributed by atoms with Gasteiger partial charge < -0.3 is 4.74 Å². The van der Waals surface area contributed by atoms with Crippen LogP contribution in [0.25, 0.3) is 0 Å². The molecule has 2 aromatic rings. The largest absolute Gasteiger partial charge is 0.463 e. The quantitative estimate of drug-likeness (QED) is 0.325. The molecule has 8 nitrogen and oxygen atoms in total. The van der Waals surface area contributed by atoms with Gasteiger partial charge in [0.1, 0.15) is 6.07 Å². The Morgan fingerprint density at radius 3 is 2.42 bits per heavy atom. The summed E-state index contributed by atoms with van der Waals surface area (Å²) in [5.74, 6) is -0.819. The Balaban J connectivity index is 2.36. The summed E-state index contributed by atoms with van der Waals surface area (Å²) >= 11 is 0. The highest BCUT2D eigenvalue weighted by molar-refractivity contribution is 5.85. The van der Waals surface area contributed by atoms with Gasteiger partial charge in [-0.1, -0.05) is 30.3 Å². The Labute approximate surface area is 149 Å². The van der Waals surface area contributed by atoms with Gasteiger partial charge in [0.25, 0.3) is 11.2 Å². The fraction of sp³-hybridized carbons (Fsp3) is 0.222. The second kappa shape index (κ2) is 8.48. The van der Waals surface area contributed by atoms with Gasteiger partial charge in [-0.25, -0.2) is 4.79 Å². The molecule has 0 aromatic heterocycles. The first-order valence-corrected chi connectivity index (χ1v) is 7.80. The van der Waals surface area contributed by atoms with E-state index in [4.69, 9.17) is 4.74 Å². The number of hydrogen-bond acceptors (Lipinski definition) is 7. The molecular weight excluding hydrogens is 336 g/mol. The van der Waals surface area contributed by atoms with Gasteiger partial charge in [0.2, 0.25) is 0 Å². The van der Waals surface area contributed by atoms with Crippen molar-refractivity contribution in [1.82, 2.24) is 0 Å². The number of non-ortho nitro benzene ring substituents is 1. The summed E-state index contributed by atoms with van der Waals surface area (Å²) in [5, 5.41) is 28.4. The molecule has 2 aromatic carbocycles. The molecule has 26 heavy (non-hydrogen) atoms. The molecule has 0 amide bonds. The minimum Gasteiger partial charge on any atom is -0.463 e. The van der Waals surface area contributed by atoms with Crippen LogP contribution in [0.15, 0.2) is 64.8 Å². The van der Waals surface area contributed by atoms with Crippen molar-refractivity contribution in [3.8, 4) is 6.07 Å². The summed E-state index contributed by atoms with van der Waals surface area (Å²) in [6, 6.07) is 16.1. The summed E-state index contributed by atoms with van der Waals surface area (Å²) in [4.78, 5) is 22.6. The number of rotatable bonds is 7. The van der Waals surface area contributed by atoms with Crippen molar-refractivity contribution in [2.75, 3.05) is 6.61 Å². The number of esters is 1. The van der Waals surface area contributed by atoms with Crippen LogP contribution < -0.4 is 0 Å². The Hall–Kier alpha value is -3.60. The second-order valence-electron chi connectivity index (χ2n) is 5.33. The predicted octanol–water partition coefficient (Wildman–Crippen LogP) is 3.75. The summed E-state index contributed by atoms with van der Waals surface area (Å²) in [5.41, 5.74) is -0.946. The van der Waals surface area contributed by atoms with Crippen LogP contribution in [-0.2, 0) is 16.0 Å². The Bertz CT molecular complexity index is 844. The highest BCUT2D eigenvalue weighted by Crippen LogP contribution is 2.24. The average molecular weight is 352 g/mol. The fourth-order valence-corrected chi connectivity index (χ4v) is 2.18. The van der Waals surface area contributed by atoms with E-state index in [-0.39, 0.29) is 18.7 Å². The zero-order chi connectivity index (χ0) is 19.0. The number of nitriles is 1. The van der Waals surface area contributed by atoms with Crippen LogP contribution in [0.2, 0.25) is 0 Å². The van der Waals surface area contributed by atoms with E-state index in [0.29, 0.717) is 11.3 Å². The Kier molecular flexibility index (Phi) is 6.11. The van der Waals surface area contributed by atoms with Crippen molar-refractivity contribution in [1.29, 1.82) is 5.26 Å². The molecular formula is C18H16N4O4. The molecule has 0 saturated carbocycles. The standard InChI is InChI=1S/C18H16N4O4/c1-2-26-17(23)18(13-19,21-20-15-6-4-3-5-7-15)12-14-8-10-16(11-9-14)22(24)25/h3-11H,2,12H2,1H3. The van der Waals surface area contributed by atoms with Gasteiger partial charge in [-0.3, -0.25) is 10.1 Å². The van der Waals surface area contributed by atoms with E-state index in [9.17, 15) is 20.2 Å². The van der Waals surface area contributed by atoms with Gasteiger partial charge in [-0.05, 0) is 24.6 Å². The van der Waals surface area contributed by atoms with Crippen molar-refractivity contribution in [2.45, 2.75) is 18.9 Å². The molecule has 0 radical (unpaired) electrons. The second-order valence-corrected chi connectivity index (χ2v) is 5.33. The number of carbonyl (C=O) groups excluding carboxylic acids is 1. The lowest BCUT2D eigenvalue weighted by molar-refractivity contribution is -0.384. The number of benzene rings is 2. The summed E-state index contributed by atoms with van der Waals surface area (Å²) in [7, 11) is 0. The van der Waals surface area contributed by atoms with Gasteiger partial charge >= 0.3 is 5.97 Å². The third-order valence-electron chi connectivity index (χ3n) is 3.50. The van der Waals surface area contributed by atoms with Crippen LogP contribution in [0.3, 0.4) is 0 Å². The molecule has 2 rings (SSSR count). The zero-order valence-corrected chi connectivity index (χ0v) is 14.0. The molecule has 0 aliphatic rings. The van der Waals surface area contributed by atoms with E-state index in [1.165, 1.54) is 24.3 Å². The van der Waals surface area contributed by atoms with Crippen molar-refractivity contribution >= 4 is 17.3 Å². The lowest BCUT2D eigenvalue weighted by Gasteiger charge is -2.19. The molecule has 0 aliphatic heterocycles. The van der Waals surface area contributed by atoms with Gasteiger partial charge in [0.15, 0.2) is 0 Å². The van der Waals surface area contributed by atoms with Crippen LogP contribution in [-0.4, -0.2) is 23.0 Å². The molecule has 1 atom stereocenters. The minimum absolute atomic E-state index is 0.0849. The van der Waals surface area contributed by atoms with Crippen molar-refractivity contribution in [2.24, 2.45) is 10.2 Å². The number of nitro groups is 1. The third-order valence-corrected chi connectivity index (χ3v) is 3.50. The predicted molar refractivity (Wildman–Crippen MR) is 92.7 cm³/mol. The van der Waals surface area contributed by atoms with E-state index >= 15 is 0 Å². The molecule has 0 heterocycles. The number of nitro benzene ring substituents is 1. The maximum atomic E-state index is 12.4. The summed E-state index contributed by atoms with van der Waals surface area (Å²) in [6.07, 6.45) is -0.114. The van der Waals surface area contributed by atoms with Gasteiger partial charge in [0.05, 0.1) is 17.2 Å². The van der Waals surface area contributed by atoms with Crippen LogP contribution in [0, 0.1) is 21.4 Å². The third kappa shape index (κ3) is 4.48. The number of ether oxygens (including phenoxy) is 1. The van der Waals surface area contributed by atoms with Crippen molar-refractivity contribution in [3.63, 3.8) is 0 Å². The van der Waals surface area contributed by atoms with E-state index in [2.05, 4.69) is 10.2 Å². The Morgan fingerprint density at radius 1 is 1.23 bits per heavy atom. The Morgan fingerprint density at radius 2 is 1.88 bits per heavy atom. The minimum atomic E-state index is -1.87.